The molecule has 172 valence electrons. The van der Waals surface area contributed by atoms with Crippen molar-refractivity contribution in [3.8, 4) is 17.2 Å². The molecule has 1 saturated heterocycles. The van der Waals surface area contributed by atoms with Gasteiger partial charge in [-0.05, 0) is 61.4 Å². The van der Waals surface area contributed by atoms with Crippen LogP contribution in [-0.4, -0.2) is 38.8 Å². The van der Waals surface area contributed by atoms with Gasteiger partial charge in [-0.25, -0.2) is 8.42 Å². The van der Waals surface area contributed by atoms with Crippen molar-refractivity contribution >= 4 is 21.6 Å². The molecule has 1 aliphatic rings. The van der Waals surface area contributed by atoms with Crippen LogP contribution < -0.4 is 14.8 Å². The number of hydrogen-bond donors (Lipinski definition) is 1. The molecule has 0 aromatic heterocycles. The van der Waals surface area contributed by atoms with Crippen LogP contribution in [0.15, 0.2) is 83.8 Å². The molecule has 1 fully saturated rings. The SMILES string of the molecule is COc1ccc(S(=O)(=O)N2CCC[C@H](C(=O)Nc3ccccc3Oc3ccccc3)C2)cc1. The molecule has 0 bridgehead atoms. The van der Waals surface area contributed by atoms with Gasteiger partial charge in [-0.3, -0.25) is 4.79 Å². The van der Waals surface area contributed by atoms with E-state index >= 15 is 0 Å². The van der Waals surface area contributed by atoms with Crippen LogP contribution >= 0.6 is 0 Å². The highest BCUT2D eigenvalue weighted by Crippen LogP contribution is 2.31. The molecule has 1 amide bonds. The number of rotatable bonds is 7. The van der Waals surface area contributed by atoms with E-state index in [1.165, 1.54) is 23.5 Å². The van der Waals surface area contributed by atoms with Crippen LogP contribution in [0.5, 0.6) is 17.2 Å². The molecule has 3 aromatic carbocycles. The van der Waals surface area contributed by atoms with Crippen LogP contribution in [0, 0.1) is 5.92 Å². The number of sulfonamides is 1. The van der Waals surface area contributed by atoms with Crippen LogP contribution in [0.4, 0.5) is 5.69 Å². The standard InChI is InChI=1S/C25H26N2O5S/c1-31-20-13-15-22(16-14-20)33(29,30)27-17-7-8-19(18-27)25(28)26-23-11-5-6-12-24(23)32-21-9-3-2-4-10-21/h2-6,9-16,19H,7-8,17-18H2,1H3,(H,26,28)/t19-/m0/s1. The van der Waals surface area contributed by atoms with Gasteiger partial charge in [-0.15, -0.1) is 0 Å². The second-order valence-electron chi connectivity index (χ2n) is 7.78. The van der Waals surface area contributed by atoms with Crippen molar-refractivity contribution in [2.75, 3.05) is 25.5 Å². The maximum absolute atomic E-state index is 13.1. The van der Waals surface area contributed by atoms with Crippen molar-refractivity contribution in [1.29, 1.82) is 0 Å². The molecule has 0 saturated carbocycles. The topological polar surface area (TPSA) is 84.9 Å². The highest BCUT2D eigenvalue weighted by molar-refractivity contribution is 7.89. The predicted molar refractivity (Wildman–Crippen MR) is 126 cm³/mol. The lowest BCUT2D eigenvalue weighted by Crippen LogP contribution is -2.43. The average molecular weight is 467 g/mol. The number of nitrogens with one attached hydrogen (secondary N) is 1. The number of para-hydroxylation sites is 3. The third-order valence-corrected chi connectivity index (χ3v) is 7.45. The van der Waals surface area contributed by atoms with E-state index < -0.39 is 15.9 Å². The third kappa shape index (κ3) is 5.35. The van der Waals surface area contributed by atoms with Gasteiger partial charge in [0, 0.05) is 13.1 Å². The molecule has 4 rings (SSSR count). The first kappa shape index (κ1) is 22.8. The molecular weight excluding hydrogens is 440 g/mol. The van der Waals surface area contributed by atoms with Crippen molar-refractivity contribution in [2.24, 2.45) is 5.92 Å². The number of anilines is 1. The number of amides is 1. The van der Waals surface area contributed by atoms with Crippen LogP contribution in [0.3, 0.4) is 0 Å². The van der Waals surface area contributed by atoms with E-state index in [0.717, 1.165) is 0 Å². The molecule has 1 aliphatic heterocycles. The fourth-order valence-corrected chi connectivity index (χ4v) is 5.30. The van der Waals surface area contributed by atoms with Crippen molar-refractivity contribution in [1.82, 2.24) is 4.31 Å². The minimum absolute atomic E-state index is 0.127. The predicted octanol–water partition coefficient (Wildman–Crippen LogP) is 4.53. The molecule has 0 unspecified atom stereocenters. The number of nitrogens with zero attached hydrogens (tertiary/aromatic N) is 1. The van der Waals surface area contributed by atoms with Crippen LogP contribution in [-0.2, 0) is 14.8 Å². The van der Waals surface area contributed by atoms with E-state index in [9.17, 15) is 13.2 Å². The number of benzene rings is 3. The number of piperidine rings is 1. The second-order valence-corrected chi connectivity index (χ2v) is 9.72. The van der Waals surface area contributed by atoms with Crippen molar-refractivity contribution in [3.05, 3.63) is 78.9 Å². The summed E-state index contributed by atoms with van der Waals surface area (Å²) in [7, 11) is -2.17. The smallest absolute Gasteiger partial charge is 0.243 e. The summed E-state index contributed by atoms with van der Waals surface area (Å²) in [6.07, 6.45) is 1.22. The zero-order valence-electron chi connectivity index (χ0n) is 18.3. The van der Waals surface area contributed by atoms with Crippen LogP contribution in [0.1, 0.15) is 12.8 Å². The molecule has 1 atom stereocenters. The molecule has 1 N–H and O–H groups in total. The second kappa shape index (κ2) is 10.1. The summed E-state index contributed by atoms with van der Waals surface area (Å²) in [6.45, 7) is 0.508. The van der Waals surface area contributed by atoms with Gasteiger partial charge < -0.3 is 14.8 Å². The molecule has 1 heterocycles. The molecular formula is C25H26N2O5S. The number of carbonyl (C=O) groups excluding carboxylic acids is 1. The number of ether oxygens (including phenoxy) is 2. The first-order valence-electron chi connectivity index (χ1n) is 10.7. The van der Waals surface area contributed by atoms with Gasteiger partial charge in [0.05, 0.1) is 23.6 Å². The van der Waals surface area contributed by atoms with Crippen molar-refractivity contribution in [3.63, 3.8) is 0 Å². The average Bonchev–Trinajstić information content (AvgIpc) is 2.86. The van der Waals surface area contributed by atoms with Crippen molar-refractivity contribution in [2.45, 2.75) is 17.7 Å². The Labute approximate surface area is 194 Å². The molecule has 0 spiro atoms. The van der Waals surface area contributed by atoms with E-state index in [-0.39, 0.29) is 17.3 Å². The molecule has 7 nitrogen and oxygen atoms in total. The summed E-state index contributed by atoms with van der Waals surface area (Å²) < 4.78 is 38.6. The van der Waals surface area contributed by atoms with Gasteiger partial charge in [0.25, 0.3) is 0 Å². The number of methoxy groups -OCH3 is 1. The zero-order valence-corrected chi connectivity index (χ0v) is 19.1. The van der Waals surface area contributed by atoms with E-state index in [0.29, 0.717) is 42.3 Å². The van der Waals surface area contributed by atoms with Gasteiger partial charge in [-0.1, -0.05) is 30.3 Å². The van der Waals surface area contributed by atoms with Gasteiger partial charge in [0.1, 0.15) is 11.5 Å². The monoisotopic (exact) mass is 466 g/mol. The maximum atomic E-state index is 13.1. The summed E-state index contributed by atoms with van der Waals surface area (Å²) >= 11 is 0. The summed E-state index contributed by atoms with van der Waals surface area (Å²) in [6, 6.07) is 22.8. The summed E-state index contributed by atoms with van der Waals surface area (Å²) in [4.78, 5) is 13.2. The van der Waals surface area contributed by atoms with Crippen LogP contribution in [0.2, 0.25) is 0 Å². The Kier molecular flexibility index (Phi) is 6.96. The molecule has 0 radical (unpaired) electrons. The van der Waals surface area contributed by atoms with Crippen LogP contribution in [0.25, 0.3) is 0 Å². The maximum Gasteiger partial charge on any atom is 0.243 e. The fourth-order valence-electron chi connectivity index (χ4n) is 3.78. The molecule has 33 heavy (non-hydrogen) atoms. The zero-order chi connectivity index (χ0) is 23.3. The Morgan fingerprint density at radius 1 is 0.939 bits per heavy atom. The Hall–Kier alpha value is -3.36. The van der Waals surface area contributed by atoms with E-state index in [4.69, 9.17) is 9.47 Å². The minimum Gasteiger partial charge on any atom is -0.497 e. The van der Waals surface area contributed by atoms with Gasteiger partial charge in [-0.2, -0.15) is 4.31 Å². The van der Waals surface area contributed by atoms with Gasteiger partial charge in [0.2, 0.25) is 15.9 Å². The van der Waals surface area contributed by atoms with E-state index in [2.05, 4.69) is 5.32 Å². The Morgan fingerprint density at radius 3 is 2.36 bits per heavy atom. The number of hydrogen-bond acceptors (Lipinski definition) is 5. The third-order valence-electron chi connectivity index (χ3n) is 5.57. The Morgan fingerprint density at radius 2 is 1.64 bits per heavy atom. The summed E-state index contributed by atoms with van der Waals surface area (Å²) in [5.74, 6) is 1.08. The van der Waals surface area contributed by atoms with E-state index in [1.54, 1.807) is 24.3 Å². The lowest BCUT2D eigenvalue weighted by molar-refractivity contribution is -0.120. The lowest BCUT2D eigenvalue weighted by Gasteiger charge is -2.31. The number of carbonyl (C=O) groups is 1. The minimum atomic E-state index is -3.70. The van der Waals surface area contributed by atoms with Crippen molar-refractivity contribution < 1.29 is 22.7 Å². The quantitative estimate of drug-likeness (QED) is 0.553. The first-order valence-corrected chi connectivity index (χ1v) is 12.2. The highest BCUT2D eigenvalue weighted by Gasteiger charge is 2.33. The fraction of sp³-hybridized carbons (Fsp3) is 0.240. The molecule has 3 aromatic rings. The summed E-state index contributed by atoms with van der Waals surface area (Å²) in [5.41, 5.74) is 0.543. The normalized spacial score (nSPS) is 16.7. The Bertz CT molecular complexity index is 1200. The van der Waals surface area contributed by atoms with Gasteiger partial charge in [0.15, 0.2) is 5.75 Å². The largest absolute Gasteiger partial charge is 0.497 e. The highest BCUT2D eigenvalue weighted by atomic mass is 32.2. The van der Waals surface area contributed by atoms with Gasteiger partial charge >= 0.3 is 0 Å². The molecule has 8 heteroatoms. The summed E-state index contributed by atoms with van der Waals surface area (Å²) in [5, 5.41) is 2.93. The lowest BCUT2D eigenvalue weighted by atomic mass is 9.98. The Balaban J connectivity index is 1.46. The molecule has 0 aliphatic carbocycles. The van der Waals surface area contributed by atoms with E-state index in [1.807, 2.05) is 42.5 Å². The first-order chi connectivity index (χ1) is 16.0.